The molecular weight excluding hydrogens is 464 g/mol. The van der Waals surface area contributed by atoms with Gasteiger partial charge >= 0.3 is 0 Å². The van der Waals surface area contributed by atoms with Crippen molar-refractivity contribution in [3.63, 3.8) is 0 Å². The summed E-state index contributed by atoms with van der Waals surface area (Å²) in [4.78, 5) is 17.8. The summed E-state index contributed by atoms with van der Waals surface area (Å²) in [7, 11) is 0. The van der Waals surface area contributed by atoms with Gasteiger partial charge in [-0.2, -0.15) is 0 Å². The van der Waals surface area contributed by atoms with Gasteiger partial charge in [-0.05, 0) is 80.3 Å². The van der Waals surface area contributed by atoms with Gasteiger partial charge in [0, 0.05) is 37.3 Å². The van der Waals surface area contributed by atoms with Gasteiger partial charge in [-0.15, -0.1) is 0 Å². The lowest BCUT2D eigenvalue weighted by Gasteiger charge is -2.37. The molecule has 0 aromatic heterocycles. The van der Waals surface area contributed by atoms with Crippen LogP contribution in [0.2, 0.25) is 0 Å². The third-order valence-electron chi connectivity index (χ3n) is 8.20. The maximum atomic E-state index is 13.1. The lowest BCUT2D eigenvalue weighted by atomic mass is 9.85. The van der Waals surface area contributed by atoms with Crippen molar-refractivity contribution >= 4 is 11.5 Å². The predicted molar refractivity (Wildman–Crippen MR) is 158 cm³/mol. The summed E-state index contributed by atoms with van der Waals surface area (Å²) in [6.45, 7) is 10.4. The fourth-order valence-corrected chi connectivity index (χ4v) is 6.37. The Balaban J connectivity index is 1.40. The first-order valence-electron chi connectivity index (χ1n) is 14.1. The first-order chi connectivity index (χ1) is 18.5. The summed E-state index contributed by atoms with van der Waals surface area (Å²) in [6.07, 6.45) is 5.94. The van der Waals surface area contributed by atoms with Gasteiger partial charge in [-0.3, -0.25) is 9.69 Å². The number of fused-ring (bicyclic) bond motifs is 2. The van der Waals surface area contributed by atoms with Gasteiger partial charge < -0.3 is 4.90 Å². The predicted octanol–water partition coefficient (Wildman–Crippen LogP) is 7.40. The maximum Gasteiger partial charge on any atom is 0.254 e. The molecule has 2 atom stereocenters. The number of benzene rings is 3. The van der Waals surface area contributed by atoms with E-state index in [1.165, 1.54) is 35.1 Å². The van der Waals surface area contributed by atoms with E-state index in [-0.39, 0.29) is 5.91 Å². The Bertz CT molecular complexity index is 1260. The zero-order valence-corrected chi connectivity index (χ0v) is 22.9. The van der Waals surface area contributed by atoms with E-state index in [0.29, 0.717) is 25.2 Å². The highest BCUT2D eigenvalue weighted by atomic mass is 16.2. The van der Waals surface area contributed by atoms with Crippen molar-refractivity contribution in [3.05, 3.63) is 125 Å². The van der Waals surface area contributed by atoms with Crippen LogP contribution in [-0.4, -0.2) is 47.4 Å². The minimum Gasteiger partial charge on any atom is -0.335 e. The van der Waals surface area contributed by atoms with Gasteiger partial charge in [0.15, 0.2) is 0 Å². The Morgan fingerprint density at radius 3 is 1.97 bits per heavy atom. The molecule has 5 rings (SSSR count). The average molecular weight is 505 g/mol. The molecule has 2 heterocycles. The van der Waals surface area contributed by atoms with Crippen molar-refractivity contribution in [1.82, 2.24) is 9.80 Å². The lowest BCUT2D eigenvalue weighted by Crippen LogP contribution is -2.41. The average Bonchev–Trinajstić information content (AvgIpc) is 3.18. The van der Waals surface area contributed by atoms with E-state index in [4.69, 9.17) is 0 Å². The van der Waals surface area contributed by atoms with E-state index in [1.807, 2.05) is 30.9 Å². The van der Waals surface area contributed by atoms with Crippen LogP contribution in [0.3, 0.4) is 0 Å². The first kappa shape index (κ1) is 26.2. The molecule has 2 aliphatic heterocycles. The number of rotatable bonds is 9. The summed E-state index contributed by atoms with van der Waals surface area (Å²) >= 11 is 0. The SMILES string of the molecule is C=C(C)CN(CC)C(=O)c1ccc(C(=C2C[C@H]3CC[C@@H](C2)N3CCc2ccccc2)c2ccccc2)cc1. The molecule has 2 saturated heterocycles. The quantitative estimate of drug-likeness (QED) is 0.284. The Morgan fingerprint density at radius 1 is 0.842 bits per heavy atom. The summed E-state index contributed by atoms with van der Waals surface area (Å²) in [5.41, 5.74) is 8.58. The highest BCUT2D eigenvalue weighted by Crippen LogP contribution is 2.43. The van der Waals surface area contributed by atoms with Gasteiger partial charge in [-0.25, -0.2) is 0 Å². The van der Waals surface area contributed by atoms with Crippen LogP contribution in [0, 0.1) is 0 Å². The molecule has 1 amide bonds. The number of piperidine rings is 1. The van der Waals surface area contributed by atoms with Crippen molar-refractivity contribution < 1.29 is 4.79 Å². The van der Waals surface area contributed by atoms with Gasteiger partial charge in [0.05, 0.1) is 0 Å². The number of hydrogen-bond acceptors (Lipinski definition) is 2. The van der Waals surface area contributed by atoms with E-state index < -0.39 is 0 Å². The molecule has 0 aliphatic carbocycles. The molecule has 0 unspecified atom stereocenters. The van der Waals surface area contributed by atoms with Crippen molar-refractivity contribution in [2.45, 2.75) is 58.0 Å². The molecule has 0 radical (unpaired) electrons. The second-order valence-corrected chi connectivity index (χ2v) is 11.0. The molecule has 0 saturated carbocycles. The molecule has 0 N–H and O–H groups in total. The number of hydrogen-bond donors (Lipinski definition) is 0. The molecule has 2 aliphatic rings. The topological polar surface area (TPSA) is 23.6 Å². The Morgan fingerprint density at radius 2 is 1.39 bits per heavy atom. The second kappa shape index (κ2) is 12.0. The van der Waals surface area contributed by atoms with Crippen molar-refractivity contribution in [1.29, 1.82) is 0 Å². The number of amides is 1. The Kier molecular flexibility index (Phi) is 8.24. The van der Waals surface area contributed by atoms with E-state index in [2.05, 4.69) is 84.3 Å². The first-order valence-corrected chi connectivity index (χ1v) is 14.1. The van der Waals surface area contributed by atoms with Crippen LogP contribution in [0.1, 0.15) is 66.6 Å². The zero-order valence-electron chi connectivity index (χ0n) is 22.9. The monoisotopic (exact) mass is 504 g/mol. The van der Waals surface area contributed by atoms with Crippen LogP contribution < -0.4 is 0 Å². The smallest absolute Gasteiger partial charge is 0.254 e. The second-order valence-electron chi connectivity index (χ2n) is 11.0. The van der Waals surface area contributed by atoms with E-state index in [1.54, 1.807) is 5.57 Å². The fourth-order valence-electron chi connectivity index (χ4n) is 6.37. The van der Waals surface area contributed by atoms with Gasteiger partial charge in [0.25, 0.3) is 5.91 Å². The molecule has 38 heavy (non-hydrogen) atoms. The van der Waals surface area contributed by atoms with Crippen LogP contribution in [0.5, 0.6) is 0 Å². The third-order valence-corrected chi connectivity index (χ3v) is 8.20. The van der Waals surface area contributed by atoms with Gasteiger partial charge in [0.2, 0.25) is 0 Å². The van der Waals surface area contributed by atoms with E-state index in [9.17, 15) is 4.79 Å². The fraction of sp³-hybridized carbons (Fsp3) is 0.343. The molecule has 3 nitrogen and oxygen atoms in total. The molecular formula is C35H40N2O. The molecule has 3 heteroatoms. The lowest BCUT2D eigenvalue weighted by molar-refractivity contribution is 0.0778. The Labute approximate surface area is 228 Å². The standard InChI is InChI=1S/C35H40N2O/c1-4-36(25-26(2)3)35(38)30-17-15-29(16-18-30)34(28-13-9-6-10-14-28)31-23-32-19-20-33(24-31)37(32)22-21-27-11-7-5-8-12-27/h5-18,32-33H,2,4,19-25H2,1,3H3/t32-,33+. The summed E-state index contributed by atoms with van der Waals surface area (Å²) < 4.78 is 0. The molecule has 3 aromatic rings. The molecule has 2 bridgehead atoms. The number of nitrogens with zero attached hydrogens (tertiary/aromatic N) is 2. The highest BCUT2D eigenvalue weighted by Gasteiger charge is 2.39. The van der Waals surface area contributed by atoms with Crippen LogP contribution in [0.15, 0.2) is 103 Å². The number of carbonyl (C=O) groups excluding carboxylic acids is 1. The summed E-state index contributed by atoms with van der Waals surface area (Å²) in [6, 6.07) is 31.3. The largest absolute Gasteiger partial charge is 0.335 e. The molecule has 3 aromatic carbocycles. The molecule has 196 valence electrons. The minimum absolute atomic E-state index is 0.0701. The normalized spacial score (nSPS) is 20.3. The summed E-state index contributed by atoms with van der Waals surface area (Å²) in [5.74, 6) is 0.0701. The van der Waals surface area contributed by atoms with E-state index >= 15 is 0 Å². The maximum absolute atomic E-state index is 13.1. The zero-order chi connectivity index (χ0) is 26.5. The highest BCUT2D eigenvalue weighted by molar-refractivity contribution is 5.95. The van der Waals surface area contributed by atoms with Crippen molar-refractivity contribution in [3.8, 4) is 0 Å². The molecule has 0 spiro atoms. The Hall–Kier alpha value is -3.43. The van der Waals surface area contributed by atoms with E-state index in [0.717, 1.165) is 36.9 Å². The van der Waals surface area contributed by atoms with Crippen molar-refractivity contribution in [2.24, 2.45) is 0 Å². The number of carbonyl (C=O) groups is 1. The molecule has 2 fully saturated rings. The number of likely N-dealkylation sites (N-methyl/N-ethyl adjacent to an activating group) is 1. The van der Waals surface area contributed by atoms with Gasteiger partial charge in [0.1, 0.15) is 0 Å². The van der Waals surface area contributed by atoms with Crippen LogP contribution in [0.25, 0.3) is 5.57 Å². The van der Waals surface area contributed by atoms with Crippen LogP contribution in [-0.2, 0) is 6.42 Å². The minimum atomic E-state index is 0.0701. The van der Waals surface area contributed by atoms with Crippen LogP contribution >= 0.6 is 0 Å². The summed E-state index contributed by atoms with van der Waals surface area (Å²) in [5, 5.41) is 0. The van der Waals surface area contributed by atoms with Gasteiger partial charge in [-0.1, -0.05) is 90.5 Å². The third kappa shape index (κ3) is 5.84. The van der Waals surface area contributed by atoms with Crippen molar-refractivity contribution in [2.75, 3.05) is 19.6 Å². The van der Waals surface area contributed by atoms with Crippen LogP contribution in [0.4, 0.5) is 0 Å².